The van der Waals surface area contributed by atoms with Crippen LogP contribution in [0.5, 0.6) is 11.5 Å². The molecule has 2 N–H and O–H groups in total. The minimum atomic E-state index is -5.00. The van der Waals surface area contributed by atoms with Crippen molar-refractivity contribution in [2.45, 2.75) is 50.8 Å². The van der Waals surface area contributed by atoms with Crippen molar-refractivity contribution in [2.24, 2.45) is 0 Å². The van der Waals surface area contributed by atoms with E-state index in [1.807, 2.05) is 20.8 Å². The summed E-state index contributed by atoms with van der Waals surface area (Å²) in [6, 6.07) is 9.41. The number of carbonyl (C=O) groups is 1. The monoisotopic (exact) mass is 518 g/mol. The van der Waals surface area contributed by atoms with Crippen molar-refractivity contribution >= 4 is 15.9 Å². The molecule has 8 nitrogen and oxygen atoms in total. The predicted molar refractivity (Wildman–Crippen MR) is 122 cm³/mol. The number of nitrogens with one attached hydrogen (secondary N) is 1. The zero-order valence-corrected chi connectivity index (χ0v) is 20.4. The number of nitrogens with zero attached hydrogens (tertiary/aromatic N) is 1. The first-order valence-electron chi connectivity index (χ1n) is 11.1. The number of ether oxygens (including phenoxy) is 2. The number of amides is 1. The van der Waals surface area contributed by atoms with E-state index in [2.05, 4.69) is 0 Å². The number of benzene rings is 2. The van der Waals surface area contributed by atoms with E-state index in [0.717, 1.165) is 21.9 Å². The lowest BCUT2D eigenvalue weighted by Crippen LogP contribution is -2.42. The largest absolute Gasteiger partial charge is 0.494 e. The third kappa shape index (κ3) is 6.86. The van der Waals surface area contributed by atoms with Crippen molar-refractivity contribution in [3.63, 3.8) is 0 Å². The van der Waals surface area contributed by atoms with Gasteiger partial charge < -0.3 is 9.47 Å². The fourth-order valence-corrected chi connectivity index (χ4v) is 5.28. The van der Waals surface area contributed by atoms with Crippen LogP contribution >= 0.6 is 0 Å². The lowest BCUT2D eigenvalue weighted by molar-refractivity contribution is -0.138. The molecule has 0 aliphatic carbocycles. The Labute approximate surface area is 202 Å². The summed E-state index contributed by atoms with van der Waals surface area (Å²) in [5, 5.41) is 8.91. The van der Waals surface area contributed by atoms with Gasteiger partial charge in [0.05, 0.1) is 22.6 Å². The third-order valence-corrected chi connectivity index (χ3v) is 7.04. The number of hydrogen-bond donors (Lipinski definition) is 2. The highest BCUT2D eigenvalue weighted by molar-refractivity contribution is 7.89. The van der Waals surface area contributed by atoms with Crippen LogP contribution in [-0.4, -0.2) is 49.6 Å². The summed E-state index contributed by atoms with van der Waals surface area (Å²) >= 11 is 0. The number of hydroxylamine groups is 1. The van der Waals surface area contributed by atoms with Crippen molar-refractivity contribution in [2.75, 3.05) is 19.7 Å². The molecule has 1 heterocycles. The molecule has 0 atom stereocenters. The Morgan fingerprint density at radius 3 is 2.29 bits per heavy atom. The highest BCUT2D eigenvalue weighted by atomic mass is 32.2. The highest BCUT2D eigenvalue weighted by Gasteiger charge is 2.40. The van der Waals surface area contributed by atoms with Crippen molar-refractivity contribution in [3.8, 4) is 11.5 Å². The van der Waals surface area contributed by atoms with Gasteiger partial charge in [-0.3, -0.25) is 10.0 Å². The van der Waals surface area contributed by atoms with Gasteiger partial charge in [-0.15, -0.1) is 0 Å². The zero-order chi connectivity index (χ0) is 26.2. The molecule has 1 aliphatic rings. The smallest absolute Gasteiger partial charge is 0.417 e. The van der Waals surface area contributed by atoms with Gasteiger partial charge in [0, 0.05) is 19.2 Å². The Kier molecular flexibility index (Phi) is 9.92. The van der Waals surface area contributed by atoms with Crippen LogP contribution in [0.15, 0.2) is 47.4 Å². The van der Waals surface area contributed by atoms with Crippen LogP contribution in [0.4, 0.5) is 13.2 Å². The molecular weight excluding hydrogens is 489 g/mol. The second-order valence-electron chi connectivity index (χ2n) is 7.25. The van der Waals surface area contributed by atoms with Gasteiger partial charge in [-0.2, -0.15) is 17.5 Å². The first-order valence-corrected chi connectivity index (χ1v) is 12.6. The highest BCUT2D eigenvalue weighted by Crippen LogP contribution is 2.36. The number of rotatable bonds is 7. The van der Waals surface area contributed by atoms with Gasteiger partial charge in [0.2, 0.25) is 10.0 Å². The molecule has 0 aromatic heterocycles. The zero-order valence-electron chi connectivity index (χ0n) is 19.6. The molecule has 35 heavy (non-hydrogen) atoms. The Balaban J connectivity index is 0.00000210. The standard InChI is InChI=1S/C21H23F3N2O6S.C2H6/c1-2-31-15-5-3-6-16(13-15)32-14-9-11-26(12-10-14)33(29,30)18-8-4-7-17(21(22,23)24)19(18)20(27)25-28;1-2/h3-8,13-14,28H,2,9-12H2,1H3,(H,25,27);1-2H3. The number of sulfonamides is 1. The van der Waals surface area contributed by atoms with Crippen LogP contribution in [0.3, 0.4) is 0 Å². The van der Waals surface area contributed by atoms with E-state index in [-0.39, 0.29) is 19.2 Å². The van der Waals surface area contributed by atoms with E-state index in [1.165, 1.54) is 0 Å². The summed E-state index contributed by atoms with van der Waals surface area (Å²) in [6.45, 7) is 6.30. The minimum Gasteiger partial charge on any atom is -0.494 e. The van der Waals surface area contributed by atoms with Gasteiger partial charge in [-0.1, -0.05) is 26.0 Å². The van der Waals surface area contributed by atoms with Gasteiger partial charge in [0.25, 0.3) is 5.91 Å². The second-order valence-corrected chi connectivity index (χ2v) is 9.15. The van der Waals surface area contributed by atoms with E-state index in [9.17, 15) is 26.4 Å². The van der Waals surface area contributed by atoms with Crippen molar-refractivity contribution in [1.82, 2.24) is 9.79 Å². The second kappa shape index (κ2) is 12.2. The van der Waals surface area contributed by atoms with Crippen LogP contribution < -0.4 is 15.0 Å². The maximum atomic E-state index is 13.4. The van der Waals surface area contributed by atoms with Crippen LogP contribution in [-0.2, 0) is 16.2 Å². The molecule has 1 aliphatic heterocycles. The predicted octanol–water partition coefficient (Wildman–Crippen LogP) is 4.48. The van der Waals surface area contributed by atoms with Crippen molar-refractivity contribution in [1.29, 1.82) is 0 Å². The molecule has 1 amide bonds. The van der Waals surface area contributed by atoms with Crippen LogP contribution in [0, 0.1) is 0 Å². The molecule has 0 radical (unpaired) electrons. The fraction of sp³-hybridized carbons (Fsp3) is 0.435. The maximum Gasteiger partial charge on any atom is 0.417 e. The third-order valence-electron chi connectivity index (χ3n) is 5.10. The van der Waals surface area contributed by atoms with Gasteiger partial charge in [0.15, 0.2) is 0 Å². The molecule has 0 spiro atoms. The summed E-state index contributed by atoms with van der Waals surface area (Å²) < 4.78 is 78.8. The van der Waals surface area contributed by atoms with E-state index in [4.69, 9.17) is 14.7 Å². The average molecular weight is 519 g/mol. The fourth-order valence-electron chi connectivity index (χ4n) is 3.60. The van der Waals surface area contributed by atoms with E-state index in [0.29, 0.717) is 37.0 Å². The first-order chi connectivity index (χ1) is 16.6. The Hall–Kier alpha value is -2.83. The molecule has 1 fully saturated rings. The van der Waals surface area contributed by atoms with E-state index in [1.54, 1.807) is 24.3 Å². The average Bonchev–Trinajstić information content (AvgIpc) is 2.84. The topological polar surface area (TPSA) is 105 Å². The number of carbonyl (C=O) groups excluding carboxylic acids is 1. The molecule has 0 bridgehead atoms. The molecule has 194 valence electrons. The molecule has 0 saturated carbocycles. The summed E-state index contributed by atoms with van der Waals surface area (Å²) in [5.74, 6) is -0.370. The van der Waals surface area contributed by atoms with Gasteiger partial charge in [-0.25, -0.2) is 13.9 Å². The van der Waals surface area contributed by atoms with E-state index >= 15 is 0 Å². The number of piperidine rings is 1. The molecule has 2 aromatic carbocycles. The number of hydrogen-bond acceptors (Lipinski definition) is 6. The van der Waals surface area contributed by atoms with E-state index < -0.39 is 38.1 Å². The molecule has 0 unspecified atom stereocenters. The number of halogens is 3. The maximum absolute atomic E-state index is 13.4. The SMILES string of the molecule is CC.CCOc1cccc(OC2CCN(S(=O)(=O)c3cccc(C(F)(F)F)c3C(=O)NO)CC2)c1. The molecule has 12 heteroatoms. The molecule has 3 rings (SSSR count). The quantitative estimate of drug-likeness (QED) is 0.414. The Bertz CT molecular complexity index is 1100. The summed E-state index contributed by atoms with van der Waals surface area (Å²) in [6.07, 6.45) is -4.73. The van der Waals surface area contributed by atoms with Gasteiger partial charge >= 0.3 is 6.18 Å². The Morgan fingerprint density at radius 1 is 1.11 bits per heavy atom. The molecule has 1 saturated heterocycles. The Morgan fingerprint density at radius 2 is 1.71 bits per heavy atom. The lowest BCUT2D eigenvalue weighted by atomic mass is 10.1. The van der Waals surface area contributed by atoms with Gasteiger partial charge in [0.1, 0.15) is 17.6 Å². The molecular formula is C23H29F3N2O6S. The summed E-state index contributed by atoms with van der Waals surface area (Å²) in [5.41, 5.74) is -1.51. The van der Waals surface area contributed by atoms with Crippen molar-refractivity contribution in [3.05, 3.63) is 53.6 Å². The first kappa shape index (κ1) is 28.4. The van der Waals surface area contributed by atoms with Crippen LogP contribution in [0.25, 0.3) is 0 Å². The summed E-state index contributed by atoms with van der Waals surface area (Å²) in [4.78, 5) is 11.2. The van der Waals surface area contributed by atoms with Crippen LogP contribution in [0.1, 0.15) is 49.5 Å². The van der Waals surface area contributed by atoms with Crippen LogP contribution in [0.2, 0.25) is 0 Å². The van der Waals surface area contributed by atoms with Gasteiger partial charge in [-0.05, 0) is 44.0 Å². The molecule has 2 aromatic rings. The number of alkyl halides is 3. The summed E-state index contributed by atoms with van der Waals surface area (Å²) in [7, 11) is -4.46. The normalized spacial score (nSPS) is 15.1. The minimum absolute atomic E-state index is 0.0193. The van der Waals surface area contributed by atoms with Crippen molar-refractivity contribution < 1.29 is 41.1 Å². The lowest BCUT2D eigenvalue weighted by Gasteiger charge is -2.32.